The maximum atomic E-state index is 12.2. The lowest BCUT2D eigenvalue weighted by Crippen LogP contribution is -2.39. The van der Waals surface area contributed by atoms with Gasteiger partial charge in [0.25, 0.3) is 0 Å². The molecular formula is C18H18Cl2N2O2. The fourth-order valence-corrected chi connectivity index (χ4v) is 2.92. The van der Waals surface area contributed by atoms with Crippen molar-refractivity contribution in [3.8, 4) is 0 Å². The summed E-state index contributed by atoms with van der Waals surface area (Å²) in [6, 6.07) is 12.8. The summed E-state index contributed by atoms with van der Waals surface area (Å²) in [7, 11) is 0. The van der Waals surface area contributed by atoms with E-state index in [0.29, 0.717) is 22.3 Å². The second kappa shape index (κ2) is 8.18. The van der Waals surface area contributed by atoms with Crippen LogP contribution in [0.15, 0.2) is 42.5 Å². The summed E-state index contributed by atoms with van der Waals surface area (Å²) >= 11 is 12.3. The number of hydrogen-bond acceptors (Lipinski definition) is 2. The molecule has 0 heterocycles. The van der Waals surface area contributed by atoms with E-state index < -0.39 is 0 Å². The summed E-state index contributed by atoms with van der Waals surface area (Å²) in [5.41, 5.74) is 2.46. The molecule has 6 heteroatoms. The molecule has 2 aromatic carbocycles. The molecule has 0 aliphatic rings. The van der Waals surface area contributed by atoms with Gasteiger partial charge in [-0.05, 0) is 24.6 Å². The van der Waals surface area contributed by atoms with Crippen LogP contribution in [0.5, 0.6) is 0 Å². The van der Waals surface area contributed by atoms with Gasteiger partial charge >= 0.3 is 0 Å². The van der Waals surface area contributed by atoms with Crippen LogP contribution in [0.3, 0.4) is 0 Å². The Hall–Kier alpha value is -2.04. The van der Waals surface area contributed by atoms with E-state index in [1.54, 1.807) is 18.2 Å². The monoisotopic (exact) mass is 364 g/mol. The van der Waals surface area contributed by atoms with Crippen molar-refractivity contribution in [1.82, 2.24) is 5.32 Å². The molecule has 126 valence electrons. The minimum Gasteiger partial charge on any atom is -0.350 e. The van der Waals surface area contributed by atoms with Crippen LogP contribution < -0.4 is 10.2 Å². The van der Waals surface area contributed by atoms with E-state index in [1.807, 2.05) is 31.2 Å². The van der Waals surface area contributed by atoms with Gasteiger partial charge in [-0.15, -0.1) is 0 Å². The molecule has 0 spiro atoms. The zero-order valence-corrected chi connectivity index (χ0v) is 15.0. The molecule has 0 aromatic heterocycles. The predicted molar refractivity (Wildman–Crippen MR) is 97.5 cm³/mol. The van der Waals surface area contributed by atoms with Crippen LogP contribution in [-0.4, -0.2) is 18.4 Å². The molecule has 0 atom stereocenters. The van der Waals surface area contributed by atoms with Crippen molar-refractivity contribution in [2.45, 2.75) is 20.4 Å². The maximum Gasteiger partial charge on any atom is 0.240 e. The highest BCUT2D eigenvalue weighted by Crippen LogP contribution is 2.33. The molecular weight excluding hydrogens is 347 g/mol. The molecule has 0 unspecified atom stereocenters. The Kier molecular flexibility index (Phi) is 6.23. The highest BCUT2D eigenvalue weighted by molar-refractivity contribution is 6.40. The number of amides is 2. The Labute approximate surface area is 151 Å². The fraction of sp³-hybridized carbons (Fsp3) is 0.222. The van der Waals surface area contributed by atoms with Gasteiger partial charge in [0.15, 0.2) is 0 Å². The quantitative estimate of drug-likeness (QED) is 0.872. The third kappa shape index (κ3) is 4.73. The number of halogens is 2. The van der Waals surface area contributed by atoms with Gasteiger partial charge in [0.2, 0.25) is 11.8 Å². The van der Waals surface area contributed by atoms with Gasteiger partial charge in [-0.3, -0.25) is 9.59 Å². The third-order valence-electron chi connectivity index (χ3n) is 3.46. The Bertz CT molecular complexity index is 742. The minimum absolute atomic E-state index is 0.148. The highest BCUT2D eigenvalue weighted by Gasteiger charge is 2.20. The Morgan fingerprint density at radius 1 is 1.08 bits per heavy atom. The first-order valence-electron chi connectivity index (χ1n) is 7.43. The van der Waals surface area contributed by atoms with Gasteiger partial charge < -0.3 is 10.2 Å². The lowest BCUT2D eigenvalue weighted by molar-refractivity contribution is -0.123. The highest BCUT2D eigenvalue weighted by atomic mass is 35.5. The standard InChI is InChI=1S/C18H18Cl2N2O2/c1-12-5-3-6-14(9-12)10-21-17(24)11-22(13(2)23)18-15(19)7-4-8-16(18)20/h3-9H,10-11H2,1-2H3,(H,21,24). The molecule has 2 amide bonds. The van der Waals surface area contributed by atoms with E-state index >= 15 is 0 Å². The molecule has 4 nitrogen and oxygen atoms in total. The van der Waals surface area contributed by atoms with Crippen molar-refractivity contribution in [1.29, 1.82) is 0 Å². The molecule has 0 bridgehead atoms. The van der Waals surface area contributed by atoms with Crippen LogP contribution >= 0.6 is 23.2 Å². The van der Waals surface area contributed by atoms with E-state index in [0.717, 1.165) is 11.1 Å². The van der Waals surface area contributed by atoms with Gasteiger partial charge in [-0.2, -0.15) is 0 Å². The average Bonchev–Trinajstić information content (AvgIpc) is 2.51. The number of benzene rings is 2. The van der Waals surface area contributed by atoms with Crippen molar-refractivity contribution in [3.63, 3.8) is 0 Å². The van der Waals surface area contributed by atoms with Crippen LogP contribution in [0, 0.1) is 6.92 Å². The first-order chi connectivity index (χ1) is 11.4. The van der Waals surface area contributed by atoms with Crippen LogP contribution in [0.25, 0.3) is 0 Å². The van der Waals surface area contributed by atoms with E-state index in [2.05, 4.69) is 5.32 Å². The second-order valence-corrected chi connectivity index (χ2v) is 6.26. The van der Waals surface area contributed by atoms with Crippen molar-refractivity contribution in [3.05, 3.63) is 63.6 Å². The lowest BCUT2D eigenvalue weighted by atomic mass is 10.1. The number of carbonyl (C=O) groups is 2. The average molecular weight is 365 g/mol. The van der Waals surface area contributed by atoms with Crippen LogP contribution in [0.1, 0.15) is 18.1 Å². The number of carbonyl (C=O) groups excluding carboxylic acids is 2. The summed E-state index contributed by atoms with van der Waals surface area (Å²) < 4.78 is 0. The van der Waals surface area contributed by atoms with Gasteiger partial charge in [0.1, 0.15) is 6.54 Å². The van der Waals surface area contributed by atoms with Crippen LogP contribution in [0.4, 0.5) is 5.69 Å². The SMILES string of the molecule is CC(=O)N(CC(=O)NCc1cccc(C)c1)c1c(Cl)cccc1Cl. The number of anilines is 1. The van der Waals surface area contributed by atoms with Crippen LogP contribution in [-0.2, 0) is 16.1 Å². The Balaban J connectivity index is 2.08. The zero-order chi connectivity index (χ0) is 17.7. The van der Waals surface area contributed by atoms with Crippen molar-refractivity contribution in [2.24, 2.45) is 0 Å². The maximum absolute atomic E-state index is 12.2. The predicted octanol–water partition coefficient (Wildman–Crippen LogP) is 3.97. The first kappa shape index (κ1) is 18.3. The van der Waals surface area contributed by atoms with Crippen LogP contribution in [0.2, 0.25) is 10.0 Å². The molecule has 2 rings (SSSR count). The van der Waals surface area contributed by atoms with Gasteiger partial charge in [-0.25, -0.2) is 0 Å². The summed E-state index contributed by atoms with van der Waals surface area (Å²) in [4.78, 5) is 25.4. The Morgan fingerprint density at radius 3 is 2.29 bits per heavy atom. The van der Waals surface area contributed by atoms with E-state index in [4.69, 9.17) is 23.2 Å². The van der Waals surface area contributed by atoms with E-state index in [1.165, 1.54) is 11.8 Å². The molecule has 0 saturated heterocycles. The molecule has 0 saturated carbocycles. The molecule has 0 aliphatic carbocycles. The van der Waals surface area contributed by atoms with E-state index in [9.17, 15) is 9.59 Å². The second-order valence-electron chi connectivity index (χ2n) is 5.44. The zero-order valence-electron chi connectivity index (χ0n) is 13.5. The smallest absolute Gasteiger partial charge is 0.240 e. The Morgan fingerprint density at radius 2 is 1.71 bits per heavy atom. The number of aryl methyl sites for hydroxylation is 1. The number of hydrogen-bond donors (Lipinski definition) is 1. The first-order valence-corrected chi connectivity index (χ1v) is 8.18. The van der Waals surface area contributed by atoms with Crippen molar-refractivity contribution in [2.75, 3.05) is 11.4 Å². The number of nitrogens with zero attached hydrogens (tertiary/aromatic N) is 1. The minimum atomic E-state index is -0.310. The van der Waals surface area contributed by atoms with Gasteiger partial charge in [-0.1, -0.05) is 59.1 Å². The largest absolute Gasteiger partial charge is 0.350 e. The van der Waals surface area contributed by atoms with Gasteiger partial charge in [0, 0.05) is 13.5 Å². The molecule has 1 N–H and O–H groups in total. The van der Waals surface area contributed by atoms with Crippen molar-refractivity contribution >= 4 is 40.7 Å². The van der Waals surface area contributed by atoms with Gasteiger partial charge in [0.05, 0.1) is 15.7 Å². The molecule has 0 radical (unpaired) electrons. The van der Waals surface area contributed by atoms with Crippen molar-refractivity contribution < 1.29 is 9.59 Å². The summed E-state index contributed by atoms with van der Waals surface area (Å²) in [5.74, 6) is -0.599. The molecule has 24 heavy (non-hydrogen) atoms. The normalized spacial score (nSPS) is 10.3. The summed E-state index contributed by atoms with van der Waals surface area (Å²) in [5, 5.41) is 3.45. The molecule has 0 fully saturated rings. The number of rotatable bonds is 5. The van der Waals surface area contributed by atoms with E-state index in [-0.39, 0.29) is 18.4 Å². The number of para-hydroxylation sites is 1. The summed E-state index contributed by atoms with van der Waals surface area (Å²) in [6.45, 7) is 3.60. The number of nitrogens with one attached hydrogen (secondary N) is 1. The molecule has 0 aliphatic heterocycles. The fourth-order valence-electron chi connectivity index (χ4n) is 2.32. The molecule has 2 aromatic rings. The lowest BCUT2D eigenvalue weighted by Gasteiger charge is -2.23. The topological polar surface area (TPSA) is 49.4 Å². The summed E-state index contributed by atoms with van der Waals surface area (Å²) in [6.07, 6.45) is 0. The third-order valence-corrected chi connectivity index (χ3v) is 4.07.